The Bertz CT molecular complexity index is 194. The number of rotatable bonds is 8. The molecule has 0 aliphatic carbocycles. The van der Waals surface area contributed by atoms with Gasteiger partial charge in [-0.25, -0.2) is 0 Å². The fraction of sp³-hybridized carbons (Fsp3) is 0.833. The molecular formula is C12H24BrIN2O2. The summed E-state index contributed by atoms with van der Waals surface area (Å²) in [5.41, 5.74) is 0. The Morgan fingerprint density at radius 3 is 1.78 bits per heavy atom. The maximum absolute atomic E-state index is 10.6. The van der Waals surface area contributed by atoms with Crippen molar-refractivity contribution >= 4 is 50.3 Å². The maximum Gasteiger partial charge on any atom is 0.230 e. The quantitative estimate of drug-likeness (QED) is 0.350. The number of hydrogen-bond donors (Lipinski definition) is 2. The van der Waals surface area contributed by atoms with Gasteiger partial charge in [0.15, 0.2) is 0 Å². The monoisotopic (exact) mass is 434 g/mol. The topological polar surface area (TPSA) is 58.2 Å². The Balaban J connectivity index is 0. The van der Waals surface area contributed by atoms with Gasteiger partial charge in [-0.2, -0.15) is 0 Å². The Hall–Kier alpha value is 0.150. The number of hydrogen-bond acceptors (Lipinski definition) is 2. The Morgan fingerprint density at radius 1 is 1.00 bits per heavy atom. The number of alkyl halides is 2. The van der Waals surface area contributed by atoms with Gasteiger partial charge in [-0.1, -0.05) is 65.2 Å². The normalized spacial score (nSPS) is 9.11. The van der Waals surface area contributed by atoms with Crippen LogP contribution in [0.1, 0.15) is 39.5 Å². The number of amides is 2. The van der Waals surface area contributed by atoms with E-state index in [1.807, 2.05) is 0 Å². The number of carbonyl (C=O) groups is 2. The van der Waals surface area contributed by atoms with Gasteiger partial charge in [-0.15, -0.1) is 0 Å². The average molecular weight is 435 g/mol. The van der Waals surface area contributed by atoms with E-state index < -0.39 is 0 Å². The van der Waals surface area contributed by atoms with Crippen molar-refractivity contribution in [3.63, 3.8) is 0 Å². The lowest BCUT2D eigenvalue weighted by Gasteiger charge is -1.98. The molecule has 108 valence electrons. The standard InChI is InChI=1S/C6H12BrNO.C6H12INO/c2*1-2-3-4-8-6(9)5-7/h2*2-5H2,1H3,(H,8,9). The number of nitrogens with one attached hydrogen (secondary N) is 2. The molecular weight excluding hydrogens is 411 g/mol. The highest BCUT2D eigenvalue weighted by Crippen LogP contribution is 1.84. The summed E-state index contributed by atoms with van der Waals surface area (Å²) >= 11 is 5.11. The van der Waals surface area contributed by atoms with E-state index in [9.17, 15) is 9.59 Å². The molecule has 0 saturated heterocycles. The van der Waals surface area contributed by atoms with Crippen molar-refractivity contribution in [3.05, 3.63) is 0 Å². The van der Waals surface area contributed by atoms with Crippen molar-refractivity contribution in [2.45, 2.75) is 39.5 Å². The van der Waals surface area contributed by atoms with Crippen LogP contribution in [0.15, 0.2) is 0 Å². The number of halogens is 2. The molecule has 0 rings (SSSR count). The van der Waals surface area contributed by atoms with Gasteiger partial charge in [0.2, 0.25) is 11.8 Å². The second kappa shape index (κ2) is 17.2. The summed E-state index contributed by atoms with van der Waals surface area (Å²) in [6.45, 7) is 5.84. The van der Waals surface area contributed by atoms with E-state index in [2.05, 4.69) is 63.0 Å². The van der Waals surface area contributed by atoms with Crippen LogP contribution < -0.4 is 10.6 Å². The lowest BCUT2D eigenvalue weighted by atomic mass is 10.3. The van der Waals surface area contributed by atoms with Crippen LogP contribution in [0.2, 0.25) is 0 Å². The van der Waals surface area contributed by atoms with E-state index in [-0.39, 0.29) is 11.8 Å². The van der Waals surface area contributed by atoms with Crippen LogP contribution in [0, 0.1) is 0 Å². The van der Waals surface area contributed by atoms with Crippen molar-refractivity contribution in [1.82, 2.24) is 10.6 Å². The van der Waals surface area contributed by atoms with Crippen molar-refractivity contribution < 1.29 is 9.59 Å². The molecule has 2 N–H and O–H groups in total. The molecule has 0 aromatic rings. The molecule has 0 aliphatic heterocycles. The molecule has 0 spiro atoms. The van der Waals surface area contributed by atoms with Crippen LogP contribution in [0.3, 0.4) is 0 Å². The van der Waals surface area contributed by atoms with E-state index in [1.165, 1.54) is 0 Å². The van der Waals surface area contributed by atoms with E-state index in [0.29, 0.717) is 9.76 Å². The van der Waals surface area contributed by atoms with Gasteiger partial charge in [0.25, 0.3) is 0 Å². The summed E-state index contributed by atoms with van der Waals surface area (Å²) in [6.07, 6.45) is 4.42. The highest BCUT2D eigenvalue weighted by atomic mass is 127. The van der Waals surface area contributed by atoms with Gasteiger partial charge in [-0.3, -0.25) is 9.59 Å². The summed E-state index contributed by atoms with van der Waals surface area (Å²) in [5.74, 6) is 0.215. The van der Waals surface area contributed by atoms with Crippen molar-refractivity contribution in [2.24, 2.45) is 0 Å². The fourth-order valence-electron chi connectivity index (χ4n) is 0.904. The molecule has 0 fully saturated rings. The van der Waals surface area contributed by atoms with Crippen LogP contribution in [0.4, 0.5) is 0 Å². The average Bonchev–Trinajstić information content (AvgIpc) is 2.39. The minimum absolute atomic E-state index is 0.0726. The molecule has 0 saturated carbocycles. The third-order valence-electron chi connectivity index (χ3n) is 1.95. The number of unbranched alkanes of at least 4 members (excludes halogenated alkanes) is 2. The van der Waals surface area contributed by atoms with Crippen molar-refractivity contribution in [3.8, 4) is 0 Å². The second-order valence-electron chi connectivity index (χ2n) is 3.67. The maximum atomic E-state index is 10.6. The van der Waals surface area contributed by atoms with Gasteiger partial charge >= 0.3 is 0 Å². The zero-order valence-electron chi connectivity index (χ0n) is 11.2. The Morgan fingerprint density at radius 2 is 1.44 bits per heavy atom. The third-order valence-corrected chi connectivity index (χ3v) is 3.15. The molecule has 0 bridgehead atoms. The zero-order valence-corrected chi connectivity index (χ0v) is 15.0. The molecule has 0 atom stereocenters. The smallest absolute Gasteiger partial charge is 0.230 e. The van der Waals surface area contributed by atoms with E-state index in [4.69, 9.17) is 0 Å². The first kappa shape index (κ1) is 20.5. The first-order valence-corrected chi connectivity index (χ1v) is 8.92. The second-order valence-corrected chi connectivity index (χ2v) is 5.00. The SMILES string of the molecule is CCCCNC(=O)CBr.CCCCNC(=O)CI. The highest BCUT2D eigenvalue weighted by molar-refractivity contribution is 14.1. The predicted octanol–water partition coefficient (Wildman–Crippen LogP) is 2.64. The molecule has 0 aromatic carbocycles. The minimum Gasteiger partial charge on any atom is -0.355 e. The first-order chi connectivity index (χ1) is 8.62. The lowest BCUT2D eigenvalue weighted by molar-refractivity contribution is -0.119. The van der Waals surface area contributed by atoms with Gasteiger partial charge in [0.1, 0.15) is 0 Å². The Kier molecular flexibility index (Phi) is 19.5. The van der Waals surface area contributed by atoms with Crippen LogP contribution >= 0.6 is 38.5 Å². The third kappa shape index (κ3) is 18.5. The molecule has 0 aliphatic rings. The summed E-state index contributed by atoms with van der Waals surface area (Å²) in [5, 5.41) is 5.95. The van der Waals surface area contributed by atoms with Crippen LogP contribution in [-0.4, -0.2) is 34.7 Å². The minimum atomic E-state index is 0.0726. The molecule has 4 nitrogen and oxygen atoms in total. The molecule has 6 heteroatoms. The fourth-order valence-corrected chi connectivity index (χ4v) is 1.37. The largest absolute Gasteiger partial charge is 0.355 e. The summed E-state index contributed by atoms with van der Waals surface area (Å²) in [6, 6.07) is 0. The van der Waals surface area contributed by atoms with Gasteiger partial charge < -0.3 is 10.6 Å². The van der Waals surface area contributed by atoms with Crippen LogP contribution in [0.25, 0.3) is 0 Å². The summed E-state index contributed by atoms with van der Waals surface area (Å²) in [4.78, 5) is 21.1. The first-order valence-electron chi connectivity index (χ1n) is 6.27. The molecule has 0 aromatic heterocycles. The van der Waals surface area contributed by atoms with Crippen molar-refractivity contribution in [2.75, 3.05) is 22.8 Å². The van der Waals surface area contributed by atoms with E-state index in [0.717, 1.165) is 38.8 Å². The lowest BCUT2D eigenvalue weighted by Crippen LogP contribution is -2.24. The molecule has 2 amide bonds. The van der Waals surface area contributed by atoms with Gasteiger partial charge in [0.05, 0.1) is 9.76 Å². The molecule has 18 heavy (non-hydrogen) atoms. The van der Waals surface area contributed by atoms with Gasteiger partial charge in [-0.05, 0) is 12.8 Å². The van der Waals surface area contributed by atoms with Crippen LogP contribution in [-0.2, 0) is 9.59 Å². The zero-order chi connectivity index (χ0) is 14.2. The molecule has 0 unspecified atom stereocenters. The predicted molar refractivity (Wildman–Crippen MR) is 88.5 cm³/mol. The van der Waals surface area contributed by atoms with Crippen molar-refractivity contribution in [1.29, 1.82) is 0 Å². The molecule has 0 radical (unpaired) electrons. The summed E-state index contributed by atoms with van der Waals surface area (Å²) < 4.78 is 0.571. The van der Waals surface area contributed by atoms with E-state index >= 15 is 0 Å². The molecule has 0 heterocycles. The van der Waals surface area contributed by atoms with Crippen LogP contribution in [0.5, 0.6) is 0 Å². The van der Waals surface area contributed by atoms with E-state index in [1.54, 1.807) is 0 Å². The summed E-state index contributed by atoms with van der Waals surface area (Å²) in [7, 11) is 0. The highest BCUT2D eigenvalue weighted by Gasteiger charge is 1.93. The number of carbonyl (C=O) groups excluding carboxylic acids is 2. The van der Waals surface area contributed by atoms with Gasteiger partial charge in [0, 0.05) is 13.1 Å². The Labute approximate surface area is 132 Å².